The average molecular weight is 467 g/mol. The molecule has 0 saturated heterocycles. The van der Waals surface area contributed by atoms with Crippen LogP contribution in [0, 0.1) is 0 Å². The van der Waals surface area contributed by atoms with E-state index >= 15 is 0 Å². The van der Waals surface area contributed by atoms with Gasteiger partial charge in [0.05, 0.1) is 11.6 Å². The van der Waals surface area contributed by atoms with Gasteiger partial charge in [0.25, 0.3) is 0 Å². The van der Waals surface area contributed by atoms with Crippen LogP contribution in [0.3, 0.4) is 0 Å². The summed E-state index contributed by atoms with van der Waals surface area (Å²) in [5.74, 6) is 0. The molecule has 3 nitrogen and oxygen atoms in total. The van der Waals surface area contributed by atoms with E-state index in [1.165, 1.54) is 107 Å². The van der Waals surface area contributed by atoms with Crippen LogP contribution in [0.1, 0.15) is 127 Å². The molecule has 1 N–H and O–H groups in total. The smallest absolute Gasteiger partial charge is 0.0917 e. The van der Waals surface area contributed by atoms with E-state index in [1.807, 2.05) is 0 Å². The van der Waals surface area contributed by atoms with E-state index in [-0.39, 0.29) is 0 Å². The Morgan fingerprint density at radius 3 is 2.09 bits per heavy atom. The first-order chi connectivity index (χ1) is 16.7. The minimum absolute atomic E-state index is 0.442. The molecule has 3 heteroatoms. The van der Waals surface area contributed by atoms with Crippen LogP contribution in [0.2, 0.25) is 0 Å². The predicted molar refractivity (Wildman–Crippen MR) is 147 cm³/mol. The normalized spacial score (nSPS) is 14.6. The van der Waals surface area contributed by atoms with Crippen LogP contribution >= 0.6 is 0 Å². The van der Waals surface area contributed by atoms with Gasteiger partial charge in [0.1, 0.15) is 0 Å². The third-order valence-corrected chi connectivity index (χ3v) is 7.59. The van der Waals surface area contributed by atoms with Crippen LogP contribution < -0.4 is 0 Å². The molecule has 2 aromatic rings. The van der Waals surface area contributed by atoms with Gasteiger partial charge in [0.15, 0.2) is 0 Å². The lowest BCUT2D eigenvalue weighted by Gasteiger charge is -2.25. The lowest BCUT2D eigenvalue weighted by atomic mass is 9.94. The van der Waals surface area contributed by atoms with Crippen molar-refractivity contribution in [2.24, 2.45) is 0 Å². The molecule has 0 aliphatic heterocycles. The molecule has 34 heavy (non-hydrogen) atoms. The van der Waals surface area contributed by atoms with E-state index in [0.29, 0.717) is 0 Å². The Bertz CT molecular complexity index is 818. The molecular weight excluding hydrogens is 416 g/mol. The fraction of sp³-hybridized carbons (Fsp3) is 0.710. The molecule has 1 unspecified atom stereocenters. The molecule has 0 spiro atoms. The van der Waals surface area contributed by atoms with E-state index in [0.717, 1.165) is 43.6 Å². The lowest BCUT2D eigenvalue weighted by Crippen LogP contribution is -2.31. The second kappa shape index (κ2) is 15.5. The first kappa shape index (κ1) is 27.1. The van der Waals surface area contributed by atoms with Crippen molar-refractivity contribution >= 4 is 10.9 Å². The highest BCUT2D eigenvalue weighted by molar-refractivity contribution is 5.80. The van der Waals surface area contributed by atoms with Gasteiger partial charge in [-0.15, -0.1) is 0 Å². The molecule has 1 aliphatic rings. The molecule has 190 valence electrons. The number of hydrogen-bond donors (Lipinski definition) is 1. The summed E-state index contributed by atoms with van der Waals surface area (Å²) in [6, 6.07) is 8.76. The molecule has 1 aliphatic carbocycles. The summed E-state index contributed by atoms with van der Waals surface area (Å²) >= 11 is 0. The third kappa shape index (κ3) is 8.96. The Kier molecular flexibility index (Phi) is 12.4. The molecule has 0 saturated carbocycles. The Balaban J connectivity index is 1.56. The Morgan fingerprint density at radius 1 is 0.794 bits per heavy atom. The molecule has 3 rings (SSSR count). The van der Waals surface area contributed by atoms with Gasteiger partial charge < -0.3 is 10.0 Å². The molecule has 1 heterocycles. The van der Waals surface area contributed by atoms with Crippen molar-refractivity contribution in [1.82, 2.24) is 9.88 Å². The number of unbranched alkanes of at least 4 members (excludes halogenated alkanes) is 10. The topological polar surface area (TPSA) is 36.4 Å². The van der Waals surface area contributed by atoms with Crippen molar-refractivity contribution in [3.63, 3.8) is 0 Å². The Labute approximate surface area is 209 Å². The number of aryl methyl sites for hydroxylation is 2. The largest absolute Gasteiger partial charge is 0.387 e. The fourth-order valence-electron chi connectivity index (χ4n) is 5.39. The highest BCUT2D eigenvalue weighted by Gasteiger charge is 2.16. The summed E-state index contributed by atoms with van der Waals surface area (Å²) in [6.45, 7) is 7.51. The monoisotopic (exact) mass is 466 g/mol. The second-order valence-electron chi connectivity index (χ2n) is 10.6. The Hall–Kier alpha value is -1.45. The number of pyridine rings is 1. The molecular formula is C31H50N2O. The number of rotatable bonds is 17. The number of hydrogen-bond acceptors (Lipinski definition) is 3. The summed E-state index contributed by atoms with van der Waals surface area (Å²) in [5.41, 5.74) is 4.77. The van der Waals surface area contributed by atoms with E-state index in [2.05, 4.69) is 43.0 Å². The SMILES string of the molecule is CCCCCCCCN(CCCCCCCC)CC(O)c1ccc2cc3c(nc2c1)CCCC3. The van der Waals surface area contributed by atoms with Crippen molar-refractivity contribution in [3.05, 3.63) is 41.1 Å². The molecule has 0 fully saturated rings. The molecule has 1 aromatic carbocycles. The van der Waals surface area contributed by atoms with Gasteiger partial charge in [-0.2, -0.15) is 0 Å². The summed E-state index contributed by atoms with van der Waals surface area (Å²) < 4.78 is 0. The maximum atomic E-state index is 11.2. The van der Waals surface area contributed by atoms with E-state index in [4.69, 9.17) is 4.98 Å². The zero-order valence-corrected chi connectivity index (χ0v) is 22.2. The predicted octanol–water partition coefficient (Wildman–Crippen LogP) is 8.17. The third-order valence-electron chi connectivity index (χ3n) is 7.59. The first-order valence-corrected chi connectivity index (χ1v) is 14.5. The number of aliphatic hydroxyl groups is 1. The van der Waals surface area contributed by atoms with Gasteiger partial charge in [-0.1, -0.05) is 90.2 Å². The Morgan fingerprint density at radius 2 is 1.41 bits per heavy atom. The van der Waals surface area contributed by atoms with Crippen molar-refractivity contribution < 1.29 is 5.11 Å². The van der Waals surface area contributed by atoms with Crippen molar-refractivity contribution in [2.45, 2.75) is 123 Å². The van der Waals surface area contributed by atoms with Crippen molar-refractivity contribution in [3.8, 4) is 0 Å². The van der Waals surface area contributed by atoms with E-state index in [9.17, 15) is 5.11 Å². The lowest BCUT2D eigenvalue weighted by molar-refractivity contribution is 0.110. The van der Waals surface area contributed by atoms with Gasteiger partial charge in [0.2, 0.25) is 0 Å². The van der Waals surface area contributed by atoms with Crippen LogP contribution in [0.4, 0.5) is 0 Å². The molecule has 1 atom stereocenters. The van der Waals surface area contributed by atoms with Gasteiger partial charge >= 0.3 is 0 Å². The molecule has 0 bridgehead atoms. The summed E-state index contributed by atoms with van der Waals surface area (Å²) in [4.78, 5) is 7.51. The number of fused-ring (bicyclic) bond motifs is 2. The maximum absolute atomic E-state index is 11.2. The fourth-order valence-corrected chi connectivity index (χ4v) is 5.39. The number of benzene rings is 1. The van der Waals surface area contributed by atoms with Crippen LogP contribution in [0.5, 0.6) is 0 Å². The minimum Gasteiger partial charge on any atom is -0.387 e. The van der Waals surface area contributed by atoms with Gasteiger partial charge in [-0.25, -0.2) is 0 Å². The zero-order chi connectivity index (χ0) is 24.0. The van der Waals surface area contributed by atoms with Crippen molar-refractivity contribution in [2.75, 3.05) is 19.6 Å². The molecule has 0 amide bonds. The summed E-state index contributed by atoms with van der Waals surface area (Å²) in [7, 11) is 0. The number of aliphatic hydroxyl groups excluding tert-OH is 1. The quantitative estimate of drug-likeness (QED) is 0.239. The summed E-state index contributed by atoms with van der Waals surface area (Å²) in [6.07, 6.45) is 20.2. The van der Waals surface area contributed by atoms with Crippen molar-refractivity contribution in [1.29, 1.82) is 0 Å². The van der Waals surface area contributed by atoms with E-state index in [1.54, 1.807) is 0 Å². The van der Waals surface area contributed by atoms with Crippen LogP contribution in [0.25, 0.3) is 10.9 Å². The second-order valence-corrected chi connectivity index (χ2v) is 10.6. The number of aromatic nitrogens is 1. The van der Waals surface area contributed by atoms with E-state index < -0.39 is 6.10 Å². The maximum Gasteiger partial charge on any atom is 0.0917 e. The average Bonchev–Trinajstić information content (AvgIpc) is 2.86. The first-order valence-electron chi connectivity index (χ1n) is 14.5. The van der Waals surface area contributed by atoms with Crippen LogP contribution in [0.15, 0.2) is 24.3 Å². The van der Waals surface area contributed by atoms with Gasteiger partial charge in [-0.3, -0.25) is 4.98 Å². The minimum atomic E-state index is -0.442. The van der Waals surface area contributed by atoms with Gasteiger partial charge in [0, 0.05) is 17.6 Å². The molecule has 1 aromatic heterocycles. The standard InChI is InChI=1S/C31H50N2O/c1-3-5-7-9-11-15-21-33(22-16-12-10-8-6-4-2)25-31(34)28-20-19-27-23-26-17-13-14-18-29(26)32-30(27)24-28/h19-20,23-24,31,34H,3-18,21-22,25H2,1-2H3. The highest BCUT2D eigenvalue weighted by Crippen LogP contribution is 2.26. The molecule has 0 radical (unpaired) electrons. The zero-order valence-electron chi connectivity index (χ0n) is 22.2. The van der Waals surface area contributed by atoms with Crippen LogP contribution in [-0.2, 0) is 12.8 Å². The van der Waals surface area contributed by atoms with Crippen LogP contribution in [-0.4, -0.2) is 34.6 Å². The summed E-state index contributed by atoms with van der Waals surface area (Å²) in [5, 5.41) is 12.4. The number of nitrogens with zero attached hydrogens (tertiary/aromatic N) is 2. The highest BCUT2D eigenvalue weighted by atomic mass is 16.3. The van der Waals surface area contributed by atoms with Gasteiger partial charge in [-0.05, 0) is 74.9 Å².